The van der Waals surface area contributed by atoms with Gasteiger partial charge in [0, 0.05) is 37.0 Å². The Labute approximate surface area is 164 Å². The van der Waals surface area contributed by atoms with E-state index < -0.39 is 0 Å². The summed E-state index contributed by atoms with van der Waals surface area (Å²) in [6.07, 6.45) is 5.39. The maximum absolute atomic E-state index is 13.1. The van der Waals surface area contributed by atoms with Crippen LogP contribution in [0.25, 0.3) is 5.69 Å². The van der Waals surface area contributed by atoms with Crippen molar-refractivity contribution >= 4 is 11.7 Å². The SMILES string of the molecule is CCN(CCc1cc(C)c(C(C)=O)cn1)C(=O)c1ccccc1-n1nccn1. The number of Topliss-reactive ketones (excluding diaryl/α,β-unsaturated/α-hetero) is 1. The lowest BCUT2D eigenvalue weighted by molar-refractivity contribution is 0.0765. The van der Waals surface area contributed by atoms with Crippen LogP contribution in [-0.4, -0.2) is 49.7 Å². The number of ketones is 1. The Hall–Kier alpha value is -3.35. The summed E-state index contributed by atoms with van der Waals surface area (Å²) in [4.78, 5) is 32.3. The number of aromatic nitrogens is 4. The minimum Gasteiger partial charge on any atom is -0.338 e. The zero-order valence-corrected chi connectivity index (χ0v) is 16.3. The van der Waals surface area contributed by atoms with E-state index in [9.17, 15) is 9.59 Å². The molecule has 0 atom stereocenters. The number of carbonyl (C=O) groups is 2. The van der Waals surface area contributed by atoms with Gasteiger partial charge in [-0.2, -0.15) is 15.0 Å². The summed E-state index contributed by atoms with van der Waals surface area (Å²) >= 11 is 0. The van der Waals surface area contributed by atoms with Crippen molar-refractivity contribution in [3.63, 3.8) is 0 Å². The smallest absolute Gasteiger partial charge is 0.256 e. The van der Waals surface area contributed by atoms with Gasteiger partial charge in [-0.15, -0.1) is 0 Å². The highest BCUT2D eigenvalue weighted by Crippen LogP contribution is 2.16. The molecule has 2 heterocycles. The van der Waals surface area contributed by atoms with Crippen LogP contribution < -0.4 is 0 Å². The third-order valence-corrected chi connectivity index (χ3v) is 4.62. The van der Waals surface area contributed by atoms with Crippen molar-refractivity contribution in [3.8, 4) is 5.69 Å². The average Bonchev–Trinajstić information content (AvgIpc) is 3.22. The van der Waals surface area contributed by atoms with Gasteiger partial charge in [-0.25, -0.2) is 0 Å². The van der Waals surface area contributed by atoms with Crippen LogP contribution in [0.3, 0.4) is 0 Å². The first-order valence-corrected chi connectivity index (χ1v) is 9.22. The topological polar surface area (TPSA) is 81.0 Å². The Morgan fingerprint density at radius 2 is 1.82 bits per heavy atom. The third-order valence-electron chi connectivity index (χ3n) is 4.62. The fourth-order valence-corrected chi connectivity index (χ4v) is 3.11. The number of carbonyl (C=O) groups excluding carboxylic acids is 2. The zero-order chi connectivity index (χ0) is 20.1. The number of rotatable bonds is 7. The number of amides is 1. The molecular weight excluding hydrogens is 354 g/mol. The van der Waals surface area contributed by atoms with Gasteiger partial charge >= 0.3 is 0 Å². The van der Waals surface area contributed by atoms with E-state index in [2.05, 4.69) is 15.2 Å². The molecule has 0 N–H and O–H groups in total. The Morgan fingerprint density at radius 3 is 2.46 bits per heavy atom. The third kappa shape index (κ3) is 4.14. The normalized spacial score (nSPS) is 10.7. The molecule has 144 valence electrons. The first-order chi connectivity index (χ1) is 13.5. The first-order valence-electron chi connectivity index (χ1n) is 9.22. The number of para-hydroxylation sites is 1. The van der Waals surface area contributed by atoms with Gasteiger partial charge in [0.25, 0.3) is 5.91 Å². The van der Waals surface area contributed by atoms with Crippen LogP contribution in [-0.2, 0) is 6.42 Å². The highest BCUT2D eigenvalue weighted by molar-refractivity contribution is 5.97. The van der Waals surface area contributed by atoms with Crippen molar-refractivity contribution in [1.82, 2.24) is 24.9 Å². The van der Waals surface area contributed by atoms with Crippen LogP contribution in [0.4, 0.5) is 0 Å². The average molecular weight is 377 g/mol. The van der Waals surface area contributed by atoms with Crippen molar-refractivity contribution in [3.05, 3.63) is 71.3 Å². The van der Waals surface area contributed by atoms with E-state index in [0.29, 0.717) is 36.3 Å². The number of nitrogens with zero attached hydrogens (tertiary/aromatic N) is 5. The van der Waals surface area contributed by atoms with Crippen LogP contribution in [0.2, 0.25) is 0 Å². The number of aryl methyl sites for hydroxylation is 1. The molecule has 0 saturated carbocycles. The van der Waals surface area contributed by atoms with Crippen molar-refractivity contribution in [2.75, 3.05) is 13.1 Å². The molecule has 0 saturated heterocycles. The lowest BCUT2D eigenvalue weighted by Crippen LogP contribution is -2.33. The second kappa shape index (κ2) is 8.56. The number of hydrogen-bond acceptors (Lipinski definition) is 5. The van der Waals surface area contributed by atoms with E-state index >= 15 is 0 Å². The van der Waals surface area contributed by atoms with Crippen LogP contribution in [0.1, 0.15) is 45.8 Å². The molecule has 7 heteroatoms. The summed E-state index contributed by atoms with van der Waals surface area (Å²) in [6, 6.07) is 9.21. The van der Waals surface area contributed by atoms with Gasteiger partial charge < -0.3 is 4.90 Å². The lowest BCUT2D eigenvalue weighted by atomic mass is 10.1. The Kier molecular flexibility index (Phi) is 5.93. The summed E-state index contributed by atoms with van der Waals surface area (Å²) < 4.78 is 0. The van der Waals surface area contributed by atoms with Gasteiger partial charge in [0.15, 0.2) is 5.78 Å². The van der Waals surface area contributed by atoms with E-state index in [0.717, 1.165) is 11.3 Å². The molecule has 0 unspecified atom stereocenters. The monoisotopic (exact) mass is 377 g/mol. The lowest BCUT2D eigenvalue weighted by Gasteiger charge is -2.22. The summed E-state index contributed by atoms with van der Waals surface area (Å²) in [5.74, 6) is -0.0711. The highest BCUT2D eigenvalue weighted by Gasteiger charge is 2.19. The number of likely N-dealkylation sites (N-methyl/N-ethyl adjacent to an activating group) is 1. The van der Waals surface area contributed by atoms with Crippen molar-refractivity contribution < 1.29 is 9.59 Å². The van der Waals surface area contributed by atoms with Gasteiger partial charge in [-0.1, -0.05) is 12.1 Å². The molecule has 0 aliphatic heterocycles. The van der Waals surface area contributed by atoms with Crippen LogP contribution in [0.5, 0.6) is 0 Å². The van der Waals surface area contributed by atoms with Gasteiger partial charge in [0.2, 0.25) is 0 Å². The zero-order valence-electron chi connectivity index (χ0n) is 16.3. The number of hydrogen-bond donors (Lipinski definition) is 0. The van der Waals surface area contributed by atoms with Crippen LogP contribution in [0, 0.1) is 6.92 Å². The fourth-order valence-electron chi connectivity index (χ4n) is 3.11. The molecule has 1 amide bonds. The molecule has 0 aliphatic carbocycles. The van der Waals surface area contributed by atoms with Crippen LogP contribution in [0.15, 0.2) is 48.9 Å². The van der Waals surface area contributed by atoms with Gasteiger partial charge in [0.05, 0.1) is 23.6 Å². The standard InChI is InChI=1S/C21H23N5O2/c1-4-25(12-9-17-13-15(2)19(14-22-17)16(3)27)21(28)18-7-5-6-8-20(18)26-23-10-11-24-26/h5-8,10-11,13-14H,4,9,12H2,1-3H3. The molecular formula is C21H23N5O2. The molecule has 2 aromatic heterocycles. The second-order valence-corrected chi connectivity index (χ2v) is 6.52. The molecule has 1 aromatic carbocycles. The molecule has 0 radical (unpaired) electrons. The highest BCUT2D eigenvalue weighted by atomic mass is 16.2. The maximum Gasteiger partial charge on any atom is 0.256 e. The van der Waals surface area contributed by atoms with E-state index in [-0.39, 0.29) is 11.7 Å². The molecule has 0 bridgehead atoms. The van der Waals surface area contributed by atoms with E-state index in [4.69, 9.17) is 0 Å². The molecule has 3 rings (SSSR count). The first kappa shape index (κ1) is 19.4. The van der Waals surface area contributed by atoms with E-state index in [1.807, 2.05) is 38.1 Å². The Morgan fingerprint density at radius 1 is 1.11 bits per heavy atom. The Balaban J connectivity index is 1.77. The van der Waals surface area contributed by atoms with Crippen LogP contribution >= 0.6 is 0 Å². The summed E-state index contributed by atoms with van der Waals surface area (Å²) in [5, 5.41) is 8.28. The van der Waals surface area contributed by atoms with Gasteiger partial charge in [-0.05, 0) is 44.5 Å². The summed E-state index contributed by atoms with van der Waals surface area (Å²) in [5.41, 5.74) is 3.60. The Bertz CT molecular complexity index is 982. The molecule has 0 spiro atoms. The number of benzene rings is 1. The largest absolute Gasteiger partial charge is 0.338 e. The molecule has 3 aromatic rings. The quantitative estimate of drug-likeness (QED) is 0.592. The second-order valence-electron chi connectivity index (χ2n) is 6.52. The van der Waals surface area contributed by atoms with Crippen molar-refractivity contribution in [2.24, 2.45) is 0 Å². The fraction of sp³-hybridized carbons (Fsp3) is 0.286. The summed E-state index contributed by atoms with van der Waals surface area (Å²) in [7, 11) is 0. The predicted molar refractivity (Wildman–Crippen MR) is 106 cm³/mol. The molecule has 7 nitrogen and oxygen atoms in total. The van der Waals surface area contributed by atoms with Crippen molar-refractivity contribution in [2.45, 2.75) is 27.2 Å². The van der Waals surface area contributed by atoms with Gasteiger partial charge in [-0.3, -0.25) is 14.6 Å². The predicted octanol–water partition coefficient (Wildman–Crippen LogP) is 2.88. The van der Waals surface area contributed by atoms with Gasteiger partial charge in [0.1, 0.15) is 0 Å². The minimum atomic E-state index is -0.0764. The summed E-state index contributed by atoms with van der Waals surface area (Å²) in [6.45, 7) is 6.49. The maximum atomic E-state index is 13.1. The minimum absolute atomic E-state index is 0.00532. The van der Waals surface area contributed by atoms with Crippen molar-refractivity contribution in [1.29, 1.82) is 0 Å². The van der Waals surface area contributed by atoms with E-state index in [1.165, 1.54) is 11.7 Å². The number of pyridine rings is 1. The molecule has 0 fully saturated rings. The van der Waals surface area contributed by atoms with E-state index in [1.54, 1.807) is 29.6 Å². The molecule has 0 aliphatic rings. The molecule has 28 heavy (non-hydrogen) atoms.